The lowest BCUT2D eigenvalue weighted by Crippen LogP contribution is -2.30. The monoisotopic (exact) mass is 420 g/mol. The van der Waals surface area contributed by atoms with Crippen LogP contribution >= 0.6 is 0 Å². The highest BCUT2D eigenvalue weighted by Crippen LogP contribution is 2.23. The van der Waals surface area contributed by atoms with E-state index in [1.54, 1.807) is 17.0 Å². The molecule has 3 aromatic rings. The first-order chi connectivity index (χ1) is 13.7. The Labute approximate surface area is 165 Å². The van der Waals surface area contributed by atoms with Crippen molar-refractivity contribution in [3.05, 3.63) is 53.1 Å². The van der Waals surface area contributed by atoms with Crippen LogP contribution < -0.4 is 4.72 Å². The van der Waals surface area contributed by atoms with Crippen molar-refractivity contribution in [1.82, 2.24) is 14.9 Å². The molecule has 0 bridgehead atoms. The van der Waals surface area contributed by atoms with Crippen LogP contribution in [0.1, 0.15) is 18.1 Å². The topological polar surface area (TPSA) is 95.2 Å². The molecule has 152 valence electrons. The molecule has 2 aromatic carbocycles. The highest BCUT2D eigenvalue weighted by atomic mass is 32.2. The van der Waals surface area contributed by atoms with Gasteiger partial charge in [-0.2, -0.15) is 0 Å². The number of hydrogen-bond acceptors (Lipinski definition) is 4. The normalized spacial score (nSPS) is 14.5. The fourth-order valence-electron chi connectivity index (χ4n) is 3.42. The lowest BCUT2D eigenvalue weighted by atomic mass is 10.0. The van der Waals surface area contributed by atoms with Crippen molar-refractivity contribution in [2.24, 2.45) is 0 Å². The molecule has 0 radical (unpaired) electrons. The van der Waals surface area contributed by atoms with E-state index in [0.717, 1.165) is 23.3 Å². The summed E-state index contributed by atoms with van der Waals surface area (Å²) in [5.41, 5.74) is 2.15. The van der Waals surface area contributed by atoms with Gasteiger partial charge in [0.2, 0.25) is 11.9 Å². The summed E-state index contributed by atoms with van der Waals surface area (Å²) >= 11 is 0. The number of imidazole rings is 1. The standard InChI is InChI=1S/C19H18F2N4O3S/c1-11(26)25-6-4-12-2-3-14(8-13(12)5-7-25)29(27,28)24-19-22-17-9-15(20)16(21)10-18(17)23-19/h2-3,8-10H,4-7H2,1H3,(H2,22,23,24). The molecular formula is C19H18F2N4O3S. The van der Waals surface area contributed by atoms with Crippen LogP contribution in [0.25, 0.3) is 11.0 Å². The van der Waals surface area contributed by atoms with E-state index < -0.39 is 21.7 Å². The maximum atomic E-state index is 13.3. The number of hydrogen-bond donors (Lipinski definition) is 2. The Bertz CT molecular complexity index is 1180. The predicted octanol–water partition coefficient (Wildman–Crippen LogP) is 2.59. The highest BCUT2D eigenvalue weighted by molar-refractivity contribution is 7.92. The van der Waals surface area contributed by atoms with Crippen molar-refractivity contribution in [2.45, 2.75) is 24.7 Å². The molecule has 2 heterocycles. The maximum absolute atomic E-state index is 13.3. The molecule has 10 heteroatoms. The predicted molar refractivity (Wildman–Crippen MR) is 103 cm³/mol. The number of benzene rings is 2. The molecule has 0 unspecified atom stereocenters. The van der Waals surface area contributed by atoms with Crippen LogP contribution in [0.3, 0.4) is 0 Å². The minimum Gasteiger partial charge on any atom is -0.342 e. The maximum Gasteiger partial charge on any atom is 0.264 e. The van der Waals surface area contributed by atoms with Crippen molar-refractivity contribution in [3.8, 4) is 0 Å². The second kappa shape index (κ2) is 7.11. The Morgan fingerprint density at radius 3 is 2.52 bits per heavy atom. The van der Waals surface area contributed by atoms with Crippen molar-refractivity contribution in [2.75, 3.05) is 17.8 Å². The van der Waals surface area contributed by atoms with Gasteiger partial charge in [-0.15, -0.1) is 0 Å². The third-order valence-corrected chi connectivity index (χ3v) is 6.33. The van der Waals surface area contributed by atoms with Crippen LogP contribution in [0.5, 0.6) is 0 Å². The van der Waals surface area contributed by atoms with E-state index in [-0.39, 0.29) is 27.8 Å². The number of aromatic amines is 1. The number of carbonyl (C=O) groups is 1. The molecule has 1 aliphatic rings. The number of anilines is 1. The molecule has 1 aromatic heterocycles. The molecule has 1 aliphatic heterocycles. The van der Waals surface area contributed by atoms with Gasteiger partial charge in [0.05, 0.1) is 15.9 Å². The number of sulfonamides is 1. The lowest BCUT2D eigenvalue weighted by Gasteiger charge is -2.17. The number of carbonyl (C=O) groups excluding carboxylic acids is 1. The van der Waals surface area contributed by atoms with Crippen LogP contribution in [0, 0.1) is 11.6 Å². The fourth-order valence-corrected chi connectivity index (χ4v) is 4.44. The molecular weight excluding hydrogens is 402 g/mol. The Hall–Kier alpha value is -3.01. The van der Waals surface area contributed by atoms with Gasteiger partial charge >= 0.3 is 0 Å². The third kappa shape index (κ3) is 3.80. The van der Waals surface area contributed by atoms with E-state index in [2.05, 4.69) is 14.7 Å². The average Bonchev–Trinajstić information content (AvgIpc) is 2.89. The summed E-state index contributed by atoms with van der Waals surface area (Å²) in [7, 11) is -3.97. The van der Waals surface area contributed by atoms with Crippen LogP contribution in [0.2, 0.25) is 0 Å². The number of fused-ring (bicyclic) bond motifs is 2. The zero-order valence-electron chi connectivity index (χ0n) is 15.5. The largest absolute Gasteiger partial charge is 0.342 e. The van der Waals surface area contributed by atoms with Gasteiger partial charge in [0.25, 0.3) is 10.0 Å². The fraction of sp³-hybridized carbons (Fsp3) is 0.263. The number of rotatable bonds is 3. The van der Waals surface area contributed by atoms with E-state index in [9.17, 15) is 22.0 Å². The quantitative estimate of drug-likeness (QED) is 0.681. The number of nitrogens with one attached hydrogen (secondary N) is 2. The van der Waals surface area contributed by atoms with Gasteiger partial charge in [0.1, 0.15) is 0 Å². The van der Waals surface area contributed by atoms with Crippen molar-refractivity contribution < 1.29 is 22.0 Å². The van der Waals surface area contributed by atoms with Crippen LogP contribution in [-0.2, 0) is 27.7 Å². The summed E-state index contributed by atoms with van der Waals surface area (Å²) in [5, 5.41) is 0. The summed E-state index contributed by atoms with van der Waals surface area (Å²) in [5.74, 6) is -2.27. The zero-order chi connectivity index (χ0) is 20.8. The summed E-state index contributed by atoms with van der Waals surface area (Å²) in [6, 6.07) is 6.63. The second-order valence-electron chi connectivity index (χ2n) is 6.91. The highest BCUT2D eigenvalue weighted by Gasteiger charge is 2.21. The SMILES string of the molecule is CC(=O)N1CCc2ccc(S(=O)(=O)Nc3nc4cc(F)c(F)cc4[nH]3)cc2CC1. The van der Waals surface area contributed by atoms with E-state index in [4.69, 9.17) is 0 Å². The van der Waals surface area contributed by atoms with E-state index >= 15 is 0 Å². The van der Waals surface area contributed by atoms with Gasteiger partial charge in [0.15, 0.2) is 11.6 Å². The molecule has 0 spiro atoms. The van der Waals surface area contributed by atoms with Crippen LogP contribution in [0.4, 0.5) is 14.7 Å². The van der Waals surface area contributed by atoms with E-state index in [0.29, 0.717) is 25.9 Å². The van der Waals surface area contributed by atoms with Crippen molar-refractivity contribution >= 4 is 32.9 Å². The number of nitrogens with zero attached hydrogens (tertiary/aromatic N) is 2. The Morgan fingerprint density at radius 1 is 1.10 bits per heavy atom. The first-order valence-corrected chi connectivity index (χ1v) is 10.5. The molecule has 0 aliphatic carbocycles. The summed E-state index contributed by atoms with van der Waals surface area (Å²) < 4.78 is 54.5. The number of H-pyrrole nitrogens is 1. The first-order valence-electron chi connectivity index (χ1n) is 8.98. The van der Waals surface area contributed by atoms with Gasteiger partial charge in [-0.25, -0.2) is 26.9 Å². The Kier molecular flexibility index (Phi) is 4.73. The van der Waals surface area contributed by atoms with Gasteiger partial charge in [-0.1, -0.05) is 6.07 Å². The minimum atomic E-state index is -3.97. The molecule has 29 heavy (non-hydrogen) atoms. The van der Waals surface area contributed by atoms with E-state index in [1.807, 2.05) is 0 Å². The molecule has 0 saturated heterocycles. The molecule has 1 amide bonds. The number of aromatic nitrogens is 2. The summed E-state index contributed by atoms with van der Waals surface area (Å²) in [4.78, 5) is 20.0. The van der Waals surface area contributed by atoms with Crippen molar-refractivity contribution in [3.63, 3.8) is 0 Å². The van der Waals surface area contributed by atoms with Crippen molar-refractivity contribution in [1.29, 1.82) is 0 Å². The average molecular weight is 420 g/mol. The molecule has 2 N–H and O–H groups in total. The molecule has 0 saturated carbocycles. The number of halogens is 2. The van der Waals surface area contributed by atoms with Gasteiger partial charge < -0.3 is 9.88 Å². The molecule has 0 atom stereocenters. The number of amides is 1. The minimum absolute atomic E-state index is 0.00919. The summed E-state index contributed by atoms with van der Waals surface area (Å²) in [6.45, 7) is 2.64. The first kappa shape index (κ1) is 19.3. The zero-order valence-corrected chi connectivity index (χ0v) is 16.3. The third-order valence-electron chi connectivity index (χ3n) is 4.99. The second-order valence-corrected chi connectivity index (χ2v) is 8.59. The molecule has 0 fully saturated rings. The van der Waals surface area contributed by atoms with E-state index in [1.165, 1.54) is 13.0 Å². The molecule has 4 rings (SSSR count). The smallest absolute Gasteiger partial charge is 0.264 e. The van der Waals surface area contributed by atoms with Gasteiger partial charge in [0, 0.05) is 32.1 Å². The summed E-state index contributed by atoms with van der Waals surface area (Å²) in [6.07, 6.45) is 1.21. The Morgan fingerprint density at radius 2 is 1.79 bits per heavy atom. The van der Waals surface area contributed by atoms with Crippen LogP contribution in [0.15, 0.2) is 35.2 Å². The molecule has 7 nitrogen and oxygen atoms in total. The lowest BCUT2D eigenvalue weighted by molar-refractivity contribution is -0.128. The van der Waals surface area contributed by atoms with Gasteiger partial charge in [-0.3, -0.25) is 4.79 Å². The van der Waals surface area contributed by atoms with Gasteiger partial charge in [-0.05, 0) is 36.1 Å². The van der Waals surface area contributed by atoms with Crippen LogP contribution in [-0.4, -0.2) is 42.3 Å². The Balaban J connectivity index is 1.61.